The van der Waals surface area contributed by atoms with Gasteiger partial charge in [0.15, 0.2) is 6.10 Å². The molecule has 1 N–H and O–H groups in total. The van der Waals surface area contributed by atoms with Gasteiger partial charge in [0.25, 0.3) is 5.91 Å². The molecule has 0 bridgehead atoms. The average molecular weight is 311 g/mol. The molecule has 1 aromatic rings. The number of hydrogen-bond acceptors (Lipinski definition) is 3. The molecule has 1 fully saturated rings. The fraction of sp³-hybridized carbons (Fsp3) is 0.562. The van der Waals surface area contributed by atoms with Crippen LogP contribution in [0.1, 0.15) is 25.3 Å². The predicted octanol–water partition coefficient (Wildman–Crippen LogP) is 2.63. The Labute approximate surface area is 131 Å². The standard InChI is InChI=1S/C16H23ClN2O2/c1-11-10-14(4-5-15(11)17)21-12(2)16(20)18-13-6-8-19(3)9-7-13/h4-5,10,12-13H,6-9H2,1-3H3,(H,18,20). The monoisotopic (exact) mass is 310 g/mol. The van der Waals surface area contributed by atoms with E-state index in [-0.39, 0.29) is 11.9 Å². The van der Waals surface area contributed by atoms with Crippen LogP contribution in [0.5, 0.6) is 5.75 Å². The number of benzene rings is 1. The maximum Gasteiger partial charge on any atom is 0.260 e. The molecular formula is C16H23ClN2O2. The molecule has 1 amide bonds. The van der Waals surface area contributed by atoms with E-state index in [0.717, 1.165) is 31.5 Å². The zero-order valence-electron chi connectivity index (χ0n) is 12.9. The fourth-order valence-corrected chi connectivity index (χ4v) is 2.54. The smallest absolute Gasteiger partial charge is 0.260 e. The molecule has 0 aliphatic carbocycles. The van der Waals surface area contributed by atoms with E-state index in [9.17, 15) is 4.79 Å². The number of ether oxygens (including phenoxy) is 1. The van der Waals surface area contributed by atoms with Crippen LogP contribution in [-0.2, 0) is 4.79 Å². The van der Waals surface area contributed by atoms with E-state index in [1.54, 1.807) is 19.1 Å². The third kappa shape index (κ3) is 4.61. The van der Waals surface area contributed by atoms with Crippen molar-refractivity contribution in [2.24, 2.45) is 0 Å². The molecule has 2 rings (SSSR count). The molecule has 1 aliphatic rings. The molecule has 1 aliphatic heterocycles. The first kappa shape index (κ1) is 16.1. The highest BCUT2D eigenvalue weighted by molar-refractivity contribution is 6.31. The van der Waals surface area contributed by atoms with Gasteiger partial charge in [0.1, 0.15) is 5.75 Å². The molecule has 0 aromatic heterocycles. The van der Waals surface area contributed by atoms with Crippen LogP contribution < -0.4 is 10.1 Å². The molecule has 0 saturated carbocycles. The van der Waals surface area contributed by atoms with Gasteiger partial charge in [0.2, 0.25) is 0 Å². The van der Waals surface area contributed by atoms with Gasteiger partial charge >= 0.3 is 0 Å². The Morgan fingerprint density at radius 3 is 2.71 bits per heavy atom. The Morgan fingerprint density at radius 1 is 1.43 bits per heavy atom. The lowest BCUT2D eigenvalue weighted by atomic mass is 10.1. The first-order valence-electron chi connectivity index (χ1n) is 7.37. The lowest BCUT2D eigenvalue weighted by Crippen LogP contribution is -2.47. The first-order chi connectivity index (χ1) is 9.95. The zero-order valence-corrected chi connectivity index (χ0v) is 13.6. The molecule has 1 aromatic carbocycles. The van der Waals surface area contributed by atoms with E-state index < -0.39 is 6.10 Å². The van der Waals surface area contributed by atoms with Crippen molar-refractivity contribution in [1.82, 2.24) is 10.2 Å². The highest BCUT2D eigenvalue weighted by Crippen LogP contribution is 2.22. The molecule has 5 heteroatoms. The molecule has 1 saturated heterocycles. The number of rotatable bonds is 4. The number of nitrogens with one attached hydrogen (secondary N) is 1. The summed E-state index contributed by atoms with van der Waals surface area (Å²) in [6.45, 7) is 5.74. The average Bonchev–Trinajstić information content (AvgIpc) is 2.45. The SMILES string of the molecule is Cc1cc(OC(C)C(=O)NC2CCN(C)CC2)ccc1Cl. The number of carbonyl (C=O) groups is 1. The van der Waals surface area contributed by atoms with Crippen molar-refractivity contribution in [2.45, 2.75) is 38.8 Å². The van der Waals surface area contributed by atoms with Crippen LogP contribution in [0.4, 0.5) is 0 Å². The van der Waals surface area contributed by atoms with E-state index in [1.165, 1.54) is 0 Å². The van der Waals surface area contributed by atoms with E-state index in [4.69, 9.17) is 16.3 Å². The van der Waals surface area contributed by atoms with E-state index in [2.05, 4.69) is 17.3 Å². The summed E-state index contributed by atoms with van der Waals surface area (Å²) in [4.78, 5) is 14.5. The second-order valence-corrected chi connectivity index (χ2v) is 6.16. The molecule has 116 valence electrons. The first-order valence-corrected chi connectivity index (χ1v) is 7.75. The van der Waals surface area contributed by atoms with Crippen LogP contribution in [0.25, 0.3) is 0 Å². The summed E-state index contributed by atoms with van der Waals surface area (Å²) in [5.74, 6) is 0.611. The zero-order chi connectivity index (χ0) is 15.4. The maximum atomic E-state index is 12.2. The van der Waals surface area contributed by atoms with Crippen molar-refractivity contribution < 1.29 is 9.53 Å². The quantitative estimate of drug-likeness (QED) is 0.929. The van der Waals surface area contributed by atoms with Crippen LogP contribution >= 0.6 is 11.6 Å². The highest BCUT2D eigenvalue weighted by Gasteiger charge is 2.22. The molecule has 1 unspecified atom stereocenters. The predicted molar refractivity (Wildman–Crippen MR) is 84.9 cm³/mol. The van der Waals surface area contributed by atoms with E-state index in [1.807, 2.05) is 13.0 Å². The number of piperidine rings is 1. The second-order valence-electron chi connectivity index (χ2n) is 5.76. The van der Waals surface area contributed by atoms with Gasteiger partial charge in [0, 0.05) is 11.1 Å². The summed E-state index contributed by atoms with van der Waals surface area (Å²) in [5.41, 5.74) is 0.942. The van der Waals surface area contributed by atoms with Gasteiger partial charge in [-0.1, -0.05) is 11.6 Å². The van der Waals surface area contributed by atoms with E-state index in [0.29, 0.717) is 10.8 Å². The lowest BCUT2D eigenvalue weighted by molar-refractivity contribution is -0.128. The number of halogens is 1. The summed E-state index contributed by atoms with van der Waals surface area (Å²) in [6.07, 6.45) is 1.48. The summed E-state index contributed by atoms with van der Waals surface area (Å²) in [5, 5.41) is 3.77. The van der Waals surface area contributed by atoms with Crippen LogP contribution in [0.15, 0.2) is 18.2 Å². The van der Waals surface area contributed by atoms with Gasteiger partial charge in [-0.3, -0.25) is 4.79 Å². The van der Waals surface area contributed by atoms with Gasteiger partial charge in [-0.15, -0.1) is 0 Å². The molecule has 1 heterocycles. The lowest BCUT2D eigenvalue weighted by Gasteiger charge is -2.30. The molecule has 4 nitrogen and oxygen atoms in total. The van der Waals surface area contributed by atoms with Gasteiger partial charge in [-0.05, 0) is 70.6 Å². The topological polar surface area (TPSA) is 41.6 Å². The van der Waals surface area contributed by atoms with Gasteiger partial charge < -0.3 is 15.0 Å². The molecule has 21 heavy (non-hydrogen) atoms. The third-order valence-electron chi connectivity index (χ3n) is 3.88. The normalized spacial score (nSPS) is 18.3. The van der Waals surface area contributed by atoms with Crippen molar-refractivity contribution in [1.29, 1.82) is 0 Å². The molecule has 0 radical (unpaired) electrons. The van der Waals surface area contributed by atoms with Gasteiger partial charge in [-0.2, -0.15) is 0 Å². The van der Waals surface area contributed by atoms with Crippen LogP contribution in [0.2, 0.25) is 5.02 Å². The third-order valence-corrected chi connectivity index (χ3v) is 4.30. The van der Waals surface area contributed by atoms with Crippen molar-refractivity contribution >= 4 is 17.5 Å². The van der Waals surface area contributed by atoms with Crippen molar-refractivity contribution in [3.63, 3.8) is 0 Å². The Balaban J connectivity index is 1.86. The van der Waals surface area contributed by atoms with Gasteiger partial charge in [0.05, 0.1) is 0 Å². The van der Waals surface area contributed by atoms with E-state index >= 15 is 0 Å². The highest BCUT2D eigenvalue weighted by atomic mass is 35.5. The number of hydrogen-bond donors (Lipinski definition) is 1. The maximum absolute atomic E-state index is 12.2. The number of amides is 1. The minimum Gasteiger partial charge on any atom is -0.481 e. The summed E-state index contributed by atoms with van der Waals surface area (Å²) in [6, 6.07) is 5.68. The molecular weight excluding hydrogens is 288 g/mol. The fourth-order valence-electron chi connectivity index (χ4n) is 2.42. The minimum absolute atomic E-state index is 0.0582. The molecule has 1 atom stereocenters. The van der Waals surface area contributed by atoms with Crippen molar-refractivity contribution in [3.8, 4) is 5.75 Å². The number of likely N-dealkylation sites (tertiary alicyclic amines) is 1. The Kier molecular flexibility index (Phi) is 5.48. The Morgan fingerprint density at radius 2 is 2.10 bits per heavy atom. The number of aryl methyl sites for hydroxylation is 1. The summed E-state index contributed by atoms with van der Waals surface area (Å²) in [7, 11) is 2.10. The van der Waals surface area contributed by atoms with Crippen LogP contribution in [0.3, 0.4) is 0 Å². The van der Waals surface area contributed by atoms with Gasteiger partial charge in [-0.25, -0.2) is 0 Å². The van der Waals surface area contributed by atoms with Crippen molar-refractivity contribution in [3.05, 3.63) is 28.8 Å². The Bertz CT molecular complexity index is 499. The number of carbonyl (C=O) groups excluding carboxylic acids is 1. The van der Waals surface area contributed by atoms with Crippen LogP contribution in [-0.4, -0.2) is 43.1 Å². The largest absolute Gasteiger partial charge is 0.481 e. The summed E-state index contributed by atoms with van der Waals surface area (Å²) >= 11 is 5.98. The summed E-state index contributed by atoms with van der Waals surface area (Å²) < 4.78 is 5.69. The number of nitrogens with zero attached hydrogens (tertiary/aromatic N) is 1. The molecule has 0 spiro atoms. The Hall–Kier alpha value is -1.26. The van der Waals surface area contributed by atoms with Crippen LogP contribution in [0, 0.1) is 6.92 Å². The minimum atomic E-state index is -0.509. The second kappa shape index (κ2) is 7.14. The van der Waals surface area contributed by atoms with Crippen molar-refractivity contribution in [2.75, 3.05) is 20.1 Å².